The predicted molar refractivity (Wildman–Crippen MR) is 69.2 cm³/mol. The summed E-state index contributed by atoms with van der Waals surface area (Å²) in [6.07, 6.45) is 2.51. The lowest BCUT2D eigenvalue weighted by Gasteiger charge is -2.32. The lowest BCUT2D eigenvalue weighted by atomic mass is 9.86. The number of halogens is 1. The highest BCUT2D eigenvalue weighted by molar-refractivity contribution is 5.85. The highest BCUT2D eigenvalue weighted by Gasteiger charge is 2.28. The van der Waals surface area contributed by atoms with Crippen molar-refractivity contribution in [1.29, 1.82) is 0 Å². The molecule has 1 aromatic carbocycles. The van der Waals surface area contributed by atoms with Gasteiger partial charge in [-0.25, -0.2) is 0 Å². The minimum Gasteiger partial charge on any atom is -0.389 e. The molecular formula is C13H20ClNO. The summed E-state index contributed by atoms with van der Waals surface area (Å²) in [6, 6.07) is 8.43. The van der Waals surface area contributed by atoms with Crippen LogP contribution >= 0.6 is 12.4 Å². The van der Waals surface area contributed by atoms with Gasteiger partial charge in [0.05, 0.1) is 5.60 Å². The molecule has 2 rings (SSSR count). The van der Waals surface area contributed by atoms with Crippen LogP contribution in [0.2, 0.25) is 0 Å². The van der Waals surface area contributed by atoms with Crippen LogP contribution in [0, 0.1) is 6.92 Å². The van der Waals surface area contributed by atoms with Crippen molar-refractivity contribution in [3.63, 3.8) is 0 Å². The largest absolute Gasteiger partial charge is 0.389 e. The number of nitrogens with one attached hydrogen (secondary N) is 1. The summed E-state index contributed by atoms with van der Waals surface area (Å²) in [5, 5.41) is 13.7. The summed E-state index contributed by atoms with van der Waals surface area (Å²) in [4.78, 5) is 0. The Labute approximate surface area is 103 Å². The molecule has 0 bridgehead atoms. The Hall–Kier alpha value is -0.570. The Morgan fingerprint density at radius 3 is 2.62 bits per heavy atom. The fraction of sp³-hybridized carbons (Fsp3) is 0.538. The summed E-state index contributed by atoms with van der Waals surface area (Å²) < 4.78 is 0. The van der Waals surface area contributed by atoms with Crippen molar-refractivity contribution in [2.75, 3.05) is 13.1 Å². The van der Waals surface area contributed by atoms with Crippen LogP contribution in [0.3, 0.4) is 0 Å². The Bertz CT molecular complexity index is 334. The quantitative estimate of drug-likeness (QED) is 0.831. The Balaban J connectivity index is 0.00000128. The molecule has 16 heavy (non-hydrogen) atoms. The van der Waals surface area contributed by atoms with Crippen LogP contribution in [-0.2, 0) is 6.42 Å². The molecule has 0 atom stereocenters. The van der Waals surface area contributed by atoms with Crippen LogP contribution in [0.4, 0.5) is 0 Å². The number of hydrogen-bond donors (Lipinski definition) is 2. The monoisotopic (exact) mass is 241 g/mol. The fourth-order valence-electron chi connectivity index (χ4n) is 2.27. The van der Waals surface area contributed by atoms with Gasteiger partial charge in [0.15, 0.2) is 0 Å². The Morgan fingerprint density at radius 2 is 2.00 bits per heavy atom. The maximum Gasteiger partial charge on any atom is 0.0712 e. The lowest BCUT2D eigenvalue weighted by molar-refractivity contribution is 0.0109. The molecule has 0 unspecified atom stereocenters. The number of piperidine rings is 1. The van der Waals surface area contributed by atoms with E-state index in [-0.39, 0.29) is 12.4 Å². The zero-order valence-corrected chi connectivity index (χ0v) is 10.5. The van der Waals surface area contributed by atoms with Crippen molar-refractivity contribution in [3.05, 3.63) is 35.4 Å². The van der Waals surface area contributed by atoms with Crippen LogP contribution in [0.1, 0.15) is 24.0 Å². The average Bonchev–Trinajstić information content (AvgIpc) is 2.18. The predicted octanol–water partition coefficient (Wildman–Crippen LogP) is 2.07. The molecule has 1 aliphatic rings. The molecule has 2 nitrogen and oxygen atoms in total. The minimum absolute atomic E-state index is 0. The second kappa shape index (κ2) is 5.67. The van der Waals surface area contributed by atoms with Gasteiger partial charge in [0.1, 0.15) is 0 Å². The minimum atomic E-state index is -0.487. The highest BCUT2D eigenvalue weighted by Crippen LogP contribution is 2.23. The number of hydrogen-bond acceptors (Lipinski definition) is 2. The summed E-state index contributed by atoms with van der Waals surface area (Å²) in [5.74, 6) is 0. The second-order valence-corrected chi connectivity index (χ2v) is 4.64. The standard InChI is InChI=1S/C13H19NO.ClH/c1-11-3-2-4-12(9-11)10-13(15)5-7-14-8-6-13;/h2-4,9,14-15H,5-8,10H2,1H3;1H. The Morgan fingerprint density at radius 1 is 1.31 bits per heavy atom. The van der Waals surface area contributed by atoms with Gasteiger partial charge in [0, 0.05) is 6.42 Å². The molecule has 0 aromatic heterocycles. The van der Waals surface area contributed by atoms with Crippen molar-refractivity contribution in [3.8, 4) is 0 Å². The molecule has 1 saturated heterocycles. The van der Waals surface area contributed by atoms with Gasteiger partial charge in [0.25, 0.3) is 0 Å². The molecule has 90 valence electrons. The molecule has 1 fully saturated rings. The second-order valence-electron chi connectivity index (χ2n) is 4.64. The fourth-order valence-corrected chi connectivity index (χ4v) is 2.27. The molecule has 0 amide bonds. The van der Waals surface area contributed by atoms with Gasteiger partial charge in [-0.1, -0.05) is 29.8 Å². The van der Waals surface area contributed by atoms with Crippen molar-refractivity contribution in [2.24, 2.45) is 0 Å². The van der Waals surface area contributed by atoms with Gasteiger partial charge in [0.2, 0.25) is 0 Å². The van der Waals surface area contributed by atoms with E-state index >= 15 is 0 Å². The smallest absolute Gasteiger partial charge is 0.0712 e. The van der Waals surface area contributed by atoms with Gasteiger partial charge in [-0.2, -0.15) is 0 Å². The van der Waals surface area contributed by atoms with Crippen molar-refractivity contribution in [1.82, 2.24) is 5.32 Å². The van der Waals surface area contributed by atoms with Crippen molar-refractivity contribution < 1.29 is 5.11 Å². The molecule has 1 aliphatic heterocycles. The van der Waals surface area contributed by atoms with E-state index in [1.54, 1.807) is 0 Å². The molecule has 0 saturated carbocycles. The number of aryl methyl sites for hydroxylation is 1. The maximum atomic E-state index is 10.4. The van der Waals surface area contributed by atoms with Crippen molar-refractivity contribution >= 4 is 12.4 Å². The van der Waals surface area contributed by atoms with Gasteiger partial charge in [-0.3, -0.25) is 0 Å². The molecule has 1 heterocycles. The molecule has 3 heteroatoms. The first-order valence-corrected chi connectivity index (χ1v) is 5.67. The van der Waals surface area contributed by atoms with Gasteiger partial charge < -0.3 is 10.4 Å². The SMILES string of the molecule is Cc1cccc(CC2(O)CCNCC2)c1.Cl. The van der Waals surface area contributed by atoms with E-state index in [1.165, 1.54) is 11.1 Å². The lowest BCUT2D eigenvalue weighted by Crippen LogP contribution is -2.43. The van der Waals surface area contributed by atoms with E-state index in [0.29, 0.717) is 0 Å². The summed E-state index contributed by atoms with van der Waals surface area (Å²) >= 11 is 0. The molecule has 2 N–H and O–H groups in total. The van der Waals surface area contributed by atoms with Crippen molar-refractivity contribution in [2.45, 2.75) is 31.8 Å². The van der Waals surface area contributed by atoms with Crippen LogP contribution in [-0.4, -0.2) is 23.8 Å². The number of aliphatic hydroxyl groups is 1. The van der Waals surface area contributed by atoms with Crippen LogP contribution < -0.4 is 5.32 Å². The normalized spacial score (nSPS) is 18.9. The molecule has 1 aromatic rings. The molecule has 0 aliphatic carbocycles. The van der Waals surface area contributed by atoms with E-state index in [9.17, 15) is 5.11 Å². The molecule has 0 spiro atoms. The third kappa shape index (κ3) is 3.48. The van der Waals surface area contributed by atoms with E-state index < -0.39 is 5.60 Å². The number of rotatable bonds is 2. The van der Waals surface area contributed by atoms with E-state index in [4.69, 9.17) is 0 Å². The third-order valence-corrected chi connectivity index (χ3v) is 3.15. The topological polar surface area (TPSA) is 32.3 Å². The first kappa shape index (κ1) is 13.5. The van der Waals surface area contributed by atoms with E-state index in [1.807, 2.05) is 0 Å². The highest BCUT2D eigenvalue weighted by atomic mass is 35.5. The zero-order valence-electron chi connectivity index (χ0n) is 9.70. The van der Waals surface area contributed by atoms with Gasteiger partial charge in [-0.15, -0.1) is 12.4 Å². The van der Waals surface area contributed by atoms with E-state index in [2.05, 4.69) is 36.5 Å². The zero-order chi connectivity index (χ0) is 10.7. The first-order chi connectivity index (χ1) is 7.18. The summed E-state index contributed by atoms with van der Waals surface area (Å²) in [6.45, 7) is 3.96. The van der Waals surface area contributed by atoms with Crippen LogP contribution in [0.5, 0.6) is 0 Å². The third-order valence-electron chi connectivity index (χ3n) is 3.15. The van der Waals surface area contributed by atoms with Gasteiger partial charge >= 0.3 is 0 Å². The van der Waals surface area contributed by atoms with Crippen LogP contribution in [0.15, 0.2) is 24.3 Å². The first-order valence-electron chi connectivity index (χ1n) is 5.67. The van der Waals surface area contributed by atoms with Gasteiger partial charge in [-0.05, 0) is 38.4 Å². The van der Waals surface area contributed by atoms with E-state index in [0.717, 1.165) is 32.4 Å². The molecule has 0 radical (unpaired) electrons. The average molecular weight is 242 g/mol. The summed E-state index contributed by atoms with van der Waals surface area (Å²) in [7, 11) is 0. The van der Waals surface area contributed by atoms with Crippen LogP contribution in [0.25, 0.3) is 0 Å². The summed E-state index contributed by atoms with van der Waals surface area (Å²) in [5.41, 5.74) is 2.03. The Kier molecular flexibility index (Phi) is 4.78. The molecular weight excluding hydrogens is 222 g/mol. The number of benzene rings is 1. The maximum absolute atomic E-state index is 10.4.